The van der Waals surface area contributed by atoms with Crippen LogP contribution in [0.15, 0.2) is 23.3 Å². The largest absolute Gasteiger partial charge is 0.414 e. The quantitative estimate of drug-likeness (QED) is 0.752. The SMILES string of the molecule is CCC1(C)C=C(C#N)C=C(C(F)(F)F)C1N. The molecule has 1 rings (SSSR count). The molecular formula is C11H13F3N2. The van der Waals surface area contributed by atoms with Crippen LogP contribution in [-0.4, -0.2) is 12.2 Å². The van der Waals surface area contributed by atoms with Crippen molar-refractivity contribution in [2.45, 2.75) is 32.5 Å². The molecule has 0 aromatic heterocycles. The monoisotopic (exact) mass is 230 g/mol. The molecule has 0 aromatic carbocycles. The summed E-state index contributed by atoms with van der Waals surface area (Å²) in [4.78, 5) is 0. The van der Waals surface area contributed by atoms with Crippen LogP contribution in [-0.2, 0) is 0 Å². The van der Waals surface area contributed by atoms with Crippen LogP contribution in [0.5, 0.6) is 0 Å². The third kappa shape index (κ3) is 2.12. The minimum absolute atomic E-state index is 0.0263. The predicted molar refractivity (Wildman–Crippen MR) is 54.2 cm³/mol. The van der Waals surface area contributed by atoms with Gasteiger partial charge in [-0.1, -0.05) is 19.9 Å². The van der Waals surface area contributed by atoms with Gasteiger partial charge in [-0.2, -0.15) is 18.4 Å². The summed E-state index contributed by atoms with van der Waals surface area (Å²) in [6, 6.07) is 0.629. The number of nitriles is 1. The maximum atomic E-state index is 12.7. The van der Waals surface area contributed by atoms with Gasteiger partial charge >= 0.3 is 6.18 Å². The van der Waals surface area contributed by atoms with Crippen LogP contribution < -0.4 is 5.73 Å². The first-order valence-electron chi connectivity index (χ1n) is 4.92. The Morgan fingerprint density at radius 3 is 2.50 bits per heavy atom. The second kappa shape index (κ2) is 3.95. The molecule has 88 valence electrons. The minimum Gasteiger partial charge on any atom is -0.323 e. The number of halogens is 3. The molecule has 0 spiro atoms. The van der Waals surface area contributed by atoms with Crippen LogP contribution in [0, 0.1) is 16.7 Å². The minimum atomic E-state index is -4.48. The molecule has 0 fully saturated rings. The molecule has 0 saturated carbocycles. The lowest BCUT2D eigenvalue weighted by molar-refractivity contribution is -0.0989. The van der Waals surface area contributed by atoms with Gasteiger partial charge in [-0.3, -0.25) is 0 Å². The average molecular weight is 230 g/mol. The Hall–Kier alpha value is -1.28. The second-order valence-corrected chi connectivity index (χ2v) is 4.15. The first-order chi connectivity index (χ1) is 7.24. The van der Waals surface area contributed by atoms with E-state index >= 15 is 0 Å². The van der Waals surface area contributed by atoms with Crippen molar-refractivity contribution in [2.24, 2.45) is 11.1 Å². The van der Waals surface area contributed by atoms with Crippen molar-refractivity contribution in [3.8, 4) is 6.07 Å². The number of alkyl halides is 3. The van der Waals surface area contributed by atoms with Gasteiger partial charge in [-0.05, 0) is 12.5 Å². The summed E-state index contributed by atoms with van der Waals surface area (Å²) >= 11 is 0. The van der Waals surface area contributed by atoms with Crippen LogP contribution in [0.1, 0.15) is 20.3 Å². The van der Waals surface area contributed by atoms with E-state index in [1.54, 1.807) is 19.9 Å². The van der Waals surface area contributed by atoms with Crippen molar-refractivity contribution in [3.05, 3.63) is 23.3 Å². The van der Waals surface area contributed by atoms with E-state index in [1.165, 1.54) is 6.08 Å². The highest BCUT2D eigenvalue weighted by Gasteiger charge is 2.45. The van der Waals surface area contributed by atoms with Crippen molar-refractivity contribution in [3.63, 3.8) is 0 Å². The fourth-order valence-electron chi connectivity index (χ4n) is 1.74. The van der Waals surface area contributed by atoms with Crippen LogP contribution in [0.25, 0.3) is 0 Å². The Balaban J connectivity index is 3.27. The fraction of sp³-hybridized carbons (Fsp3) is 0.545. The van der Waals surface area contributed by atoms with Gasteiger partial charge in [0.25, 0.3) is 0 Å². The summed E-state index contributed by atoms with van der Waals surface area (Å²) < 4.78 is 38.1. The molecule has 2 unspecified atom stereocenters. The van der Waals surface area contributed by atoms with Gasteiger partial charge in [0.15, 0.2) is 0 Å². The lowest BCUT2D eigenvalue weighted by atomic mass is 9.72. The molecule has 0 amide bonds. The number of nitrogens with two attached hydrogens (primary N) is 1. The van der Waals surface area contributed by atoms with Crippen LogP contribution in [0.3, 0.4) is 0 Å². The van der Waals surface area contributed by atoms with Crippen molar-refractivity contribution in [2.75, 3.05) is 0 Å². The smallest absolute Gasteiger partial charge is 0.323 e. The highest BCUT2D eigenvalue weighted by molar-refractivity contribution is 5.45. The van der Waals surface area contributed by atoms with Crippen molar-refractivity contribution in [1.82, 2.24) is 0 Å². The van der Waals surface area contributed by atoms with E-state index in [0.717, 1.165) is 6.08 Å². The third-order valence-corrected chi connectivity index (χ3v) is 3.06. The number of hydrogen-bond acceptors (Lipinski definition) is 2. The molecule has 0 bridgehead atoms. The summed E-state index contributed by atoms with van der Waals surface area (Å²) in [5, 5.41) is 8.72. The van der Waals surface area contributed by atoms with E-state index < -0.39 is 23.2 Å². The second-order valence-electron chi connectivity index (χ2n) is 4.15. The summed E-state index contributed by atoms with van der Waals surface area (Å²) in [5.41, 5.74) is 4.02. The zero-order chi connectivity index (χ0) is 12.6. The highest BCUT2D eigenvalue weighted by Crippen LogP contribution is 2.41. The summed E-state index contributed by atoms with van der Waals surface area (Å²) in [5.74, 6) is 0. The molecule has 16 heavy (non-hydrogen) atoms. The molecule has 5 heteroatoms. The molecule has 0 radical (unpaired) electrons. The molecule has 0 heterocycles. The topological polar surface area (TPSA) is 49.8 Å². The standard InChI is InChI=1S/C11H13F3N2/c1-3-10(2)5-7(6-15)4-8(9(10)16)11(12,13)14/h4-5,9H,3,16H2,1-2H3. The normalized spacial score (nSPS) is 30.4. The number of allylic oxidation sites excluding steroid dienone is 2. The highest BCUT2D eigenvalue weighted by atomic mass is 19.4. The molecule has 2 nitrogen and oxygen atoms in total. The molecule has 1 aliphatic rings. The zero-order valence-corrected chi connectivity index (χ0v) is 9.10. The number of hydrogen-bond donors (Lipinski definition) is 1. The van der Waals surface area contributed by atoms with Crippen LogP contribution in [0.2, 0.25) is 0 Å². The van der Waals surface area contributed by atoms with Gasteiger partial charge in [0.1, 0.15) is 0 Å². The molecule has 0 saturated heterocycles. The van der Waals surface area contributed by atoms with E-state index in [9.17, 15) is 13.2 Å². The first kappa shape index (κ1) is 12.8. The number of rotatable bonds is 1. The van der Waals surface area contributed by atoms with E-state index in [4.69, 9.17) is 11.0 Å². The lowest BCUT2D eigenvalue weighted by Crippen LogP contribution is -2.45. The van der Waals surface area contributed by atoms with Crippen molar-refractivity contribution < 1.29 is 13.2 Å². The molecule has 1 aliphatic carbocycles. The van der Waals surface area contributed by atoms with E-state index in [1.807, 2.05) is 0 Å². The third-order valence-electron chi connectivity index (χ3n) is 3.06. The lowest BCUT2D eigenvalue weighted by Gasteiger charge is -2.36. The van der Waals surface area contributed by atoms with Gasteiger partial charge in [0.05, 0.1) is 11.6 Å². The summed E-state index contributed by atoms with van der Waals surface area (Å²) in [7, 11) is 0. The van der Waals surface area contributed by atoms with Gasteiger partial charge < -0.3 is 5.73 Å². The van der Waals surface area contributed by atoms with Crippen molar-refractivity contribution >= 4 is 0 Å². The summed E-state index contributed by atoms with van der Waals surface area (Å²) in [6.07, 6.45) is -1.67. The maximum Gasteiger partial charge on any atom is 0.414 e. The Labute approximate surface area is 92.2 Å². The Bertz CT molecular complexity index is 387. The van der Waals surface area contributed by atoms with E-state index in [-0.39, 0.29) is 5.57 Å². The van der Waals surface area contributed by atoms with Gasteiger partial charge in [0, 0.05) is 17.0 Å². The van der Waals surface area contributed by atoms with E-state index in [0.29, 0.717) is 6.42 Å². The van der Waals surface area contributed by atoms with Crippen LogP contribution >= 0.6 is 0 Å². The first-order valence-corrected chi connectivity index (χ1v) is 4.92. The zero-order valence-electron chi connectivity index (χ0n) is 9.10. The number of nitrogens with zero attached hydrogens (tertiary/aromatic N) is 1. The maximum absolute atomic E-state index is 12.7. The van der Waals surface area contributed by atoms with E-state index in [2.05, 4.69) is 0 Å². The molecule has 2 atom stereocenters. The predicted octanol–water partition coefficient (Wildman–Crippen LogP) is 2.68. The fourth-order valence-corrected chi connectivity index (χ4v) is 1.74. The van der Waals surface area contributed by atoms with Crippen molar-refractivity contribution in [1.29, 1.82) is 5.26 Å². The Morgan fingerprint density at radius 1 is 1.56 bits per heavy atom. The van der Waals surface area contributed by atoms with Crippen LogP contribution in [0.4, 0.5) is 13.2 Å². The average Bonchev–Trinajstić information content (AvgIpc) is 2.20. The Morgan fingerprint density at radius 2 is 2.12 bits per heavy atom. The van der Waals surface area contributed by atoms with Gasteiger partial charge in [-0.25, -0.2) is 0 Å². The van der Waals surface area contributed by atoms with Gasteiger partial charge in [-0.15, -0.1) is 0 Å². The molecule has 2 N–H and O–H groups in total. The molecular weight excluding hydrogens is 217 g/mol. The molecule has 0 aromatic rings. The molecule has 0 aliphatic heterocycles. The van der Waals surface area contributed by atoms with Gasteiger partial charge in [0.2, 0.25) is 0 Å². The Kier molecular flexibility index (Phi) is 3.15. The summed E-state index contributed by atoms with van der Waals surface area (Å²) in [6.45, 7) is 3.39.